The molecule has 4 N–H and O–H groups in total. The van der Waals surface area contributed by atoms with E-state index in [0.717, 1.165) is 17.6 Å². The number of fused-ring (bicyclic) bond motifs is 4. The quantitative estimate of drug-likeness (QED) is 0.168. The molecular formula is C13H19N7O9S. The number of hydrogen-bond acceptors (Lipinski definition) is 9. The minimum atomic E-state index is -4.72. The average molecular weight is 449 g/mol. The molecule has 1 atom stereocenters. The third-order valence-electron chi connectivity index (χ3n) is 3.82. The molecule has 17 heteroatoms. The van der Waals surface area contributed by atoms with E-state index in [4.69, 9.17) is 9.66 Å². The third kappa shape index (κ3) is 5.78. The van der Waals surface area contributed by atoms with Crippen molar-refractivity contribution < 1.29 is 41.6 Å². The molecular weight excluding hydrogens is 430 g/mol. The van der Waals surface area contributed by atoms with Crippen LogP contribution in [-0.2, 0) is 37.9 Å². The molecule has 1 aromatic heterocycles. The van der Waals surface area contributed by atoms with Crippen LogP contribution in [0.1, 0.15) is 17.3 Å². The molecule has 2 aliphatic heterocycles. The first kappa shape index (κ1) is 22.8. The lowest BCUT2D eigenvalue weighted by atomic mass is 10.1. The number of aliphatic carboxylic acids is 1. The molecule has 3 heterocycles. The maximum absolute atomic E-state index is 11.9. The third-order valence-corrected chi connectivity index (χ3v) is 4.17. The van der Waals surface area contributed by atoms with Gasteiger partial charge in [-0.25, -0.2) is 15.1 Å². The minimum absolute atomic E-state index is 0.313. The summed E-state index contributed by atoms with van der Waals surface area (Å²) in [6.07, 6.45) is 1.83. The molecule has 1 aromatic rings. The second kappa shape index (κ2) is 9.37. The summed E-state index contributed by atoms with van der Waals surface area (Å²) in [5, 5.41) is 14.8. The summed E-state index contributed by atoms with van der Waals surface area (Å²) in [5.74, 6) is -1.14. The summed E-state index contributed by atoms with van der Waals surface area (Å²) in [6, 6.07) is -1.16. The topological polar surface area (TPSA) is 205 Å². The smallest absolute Gasteiger partial charge is 0.431 e. The van der Waals surface area contributed by atoms with Gasteiger partial charge in [-0.05, 0) is 0 Å². The van der Waals surface area contributed by atoms with E-state index < -0.39 is 41.1 Å². The van der Waals surface area contributed by atoms with Gasteiger partial charge in [0, 0.05) is 19.7 Å². The Balaban J connectivity index is 0.000000235. The van der Waals surface area contributed by atoms with E-state index in [-0.39, 0.29) is 0 Å². The van der Waals surface area contributed by atoms with Gasteiger partial charge in [0.05, 0.1) is 25.0 Å². The number of hydrogen-bond donors (Lipinski definition) is 4. The van der Waals surface area contributed by atoms with Crippen molar-refractivity contribution in [1.29, 1.82) is 0 Å². The van der Waals surface area contributed by atoms with Crippen molar-refractivity contribution >= 4 is 34.8 Å². The lowest BCUT2D eigenvalue weighted by molar-refractivity contribution is -0.135. The molecule has 0 aromatic carbocycles. The predicted octanol–water partition coefficient (Wildman–Crippen LogP) is -1.59. The molecule has 1 fully saturated rings. The first-order chi connectivity index (χ1) is 14.0. The summed E-state index contributed by atoms with van der Waals surface area (Å²) in [5.41, 5.74) is 3.61. The number of urea groups is 1. The van der Waals surface area contributed by atoms with E-state index in [1.807, 2.05) is 5.32 Å². The van der Waals surface area contributed by atoms with Crippen LogP contribution in [0.3, 0.4) is 0 Å². The number of amides is 3. The lowest BCUT2D eigenvalue weighted by Gasteiger charge is -2.21. The molecule has 1 unspecified atom stereocenters. The summed E-state index contributed by atoms with van der Waals surface area (Å²) < 4.78 is 36.1. The van der Waals surface area contributed by atoms with E-state index in [2.05, 4.69) is 24.7 Å². The summed E-state index contributed by atoms with van der Waals surface area (Å²) in [6.45, 7) is 0.170. The fourth-order valence-corrected chi connectivity index (χ4v) is 3.00. The fourth-order valence-electron chi connectivity index (χ4n) is 2.62. The average Bonchev–Trinajstić information content (AvgIpc) is 3.14. The van der Waals surface area contributed by atoms with Gasteiger partial charge in [-0.3, -0.25) is 19.0 Å². The highest BCUT2D eigenvalue weighted by Crippen LogP contribution is 2.37. The van der Waals surface area contributed by atoms with Crippen molar-refractivity contribution in [3.8, 4) is 0 Å². The molecule has 3 rings (SSSR count). The van der Waals surface area contributed by atoms with Gasteiger partial charge in [-0.2, -0.15) is 18.6 Å². The maximum Gasteiger partial charge on any atom is 0.431 e. The van der Waals surface area contributed by atoms with Gasteiger partial charge in [0.2, 0.25) is 0 Å². The molecule has 0 aliphatic carbocycles. The van der Waals surface area contributed by atoms with Gasteiger partial charge in [0.25, 0.3) is 0 Å². The number of carboxylic acids is 1. The highest BCUT2D eigenvalue weighted by atomic mass is 32.3. The SMILES string of the molecule is CN=CNOC(=O)NCC(=O)O.Cn1ncc2c1CN1CC2N(OS(=O)(=O)O)C1=O. The van der Waals surface area contributed by atoms with Crippen LogP contribution in [0.5, 0.6) is 0 Å². The second-order valence-corrected chi connectivity index (χ2v) is 6.82. The van der Waals surface area contributed by atoms with Crippen LogP contribution < -0.4 is 10.8 Å². The number of rotatable bonds is 6. The number of aliphatic imine (C=N–C) groups is 1. The Morgan fingerprint density at radius 2 is 2.17 bits per heavy atom. The molecule has 0 spiro atoms. The number of aromatic nitrogens is 2. The molecule has 0 saturated carbocycles. The van der Waals surface area contributed by atoms with E-state index in [9.17, 15) is 22.8 Å². The molecule has 30 heavy (non-hydrogen) atoms. The van der Waals surface area contributed by atoms with Gasteiger partial charge < -0.3 is 20.2 Å². The van der Waals surface area contributed by atoms with Crippen LogP contribution in [-0.4, -0.2) is 82.4 Å². The number of hydroxylamine groups is 3. The van der Waals surface area contributed by atoms with Crippen molar-refractivity contribution in [3.63, 3.8) is 0 Å². The molecule has 2 bridgehead atoms. The van der Waals surface area contributed by atoms with E-state index in [0.29, 0.717) is 18.2 Å². The number of nitrogens with one attached hydrogen (secondary N) is 2. The monoisotopic (exact) mass is 449 g/mol. The zero-order valence-electron chi connectivity index (χ0n) is 15.7. The normalized spacial score (nSPS) is 17.3. The number of aryl methyl sites for hydroxylation is 1. The highest BCUT2D eigenvalue weighted by molar-refractivity contribution is 7.80. The van der Waals surface area contributed by atoms with Crippen molar-refractivity contribution in [2.24, 2.45) is 12.0 Å². The maximum atomic E-state index is 11.9. The van der Waals surface area contributed by atoms with E-state index >= 15 is 0 Å². The van der Waals surface area contributed by atoms with Crippen LogP contribution in [0.15, 0.2) is 11.2 Å². The number of carboxylic acid groups (broad SMARTS) is 1. The first-order valence-electron chi connectivity index (χ1n) is 8.12. The van der Waals surface area contributed by atoms with Crippen molar-refractivity contribution in [3.05, 3.63) is 17.5 Å². The highest BCUT2D eigenvalue weighted by Gasteiger charge is 2.47. The molecule has 166 valence electrons. The molecule has 2 aliphatic rings. The van der Waals surface area contributed by atoms with Crippen molar-refractivity contribution in [2.75, 3.05) is 20.1 Å². The molecule has 16 nitrogen and oxygen atoms in total. The standard InChI is InChI=1S/C8H10N4O5S.C5H9N3O4/c1-10-6-3-11-4-7(5(6)2-9-10)12(8(11)13)17-18(14,15)16;1-6-3-8-12-5(11)7-2-4(9)10/h2,7H,3-4H2,1H3,(H,14,15,16);3H,2H2,1H3,(H,6,8)(H,7,11)(H,9,10). The molecule has 3 amide bonds. The minimum Gasteiger partial charge on any atom is -0.480 e. The number of carbonyl (C=O) groups excluding carboxylic acids is 2. The summed E-state index contributed by atoms with van der Waals surface area (Å²) >= 11 is 0. The van der Waals surface area contributed by atoms with Gasteiger partial charge in [0.1, 0.15) is 18.9 Å². The fraction of sp³-hybridized carbons (Fsp3) is 0.462. The molecule has 1 saturated heterocycles. The Kier molecular flexibility index (Phi) is 7.14. The Morgan fingerprint density at radius 3 is 2.77 bits per heavy atom. The van der Waals surface area contributed by atoms with E-state index in [1.165, 1.54) is 11.9 Å². The van der Waals surface area contributed by atoms with Crippen LogP contribution in [0.25, 0.3) is 0 Å². The lowest BCUT2D eigenvalue weighted by Crippen LogP contribution is -2.33. The van der Waals surface area contributed by atoms with Crippen LogP contribution in [0.2, 0.25) is 0 Å². The van der Waals surface area contributed by atoms with Crippen molar-refractivity contribution in [2.45, 2.75) is 12.6 Å². The van der Waals surface area contributed by atoms with Crippen LogP contribution in [0.4, 0.5) is 9.59 Å². The van der Waals surface area contributed by atoms with Gasteiger partial charge >= 0.3 is 28.5 Å². The zero-order valence-corrected chi connectivity index (χ0v) is 16.6. The van der Waals surface area contributed by atoms with Crippen LogP contribution >= 0.6 is 0 Å². The summed E-state index contributed by atoms with van der Waals surface area (Å²) in [7, 11) is -1.51. The van der Waals surface area contributed by atoms with Gasteiger partial charge in [-0.15, -0.1) is 4.28 Å². The second-order valence-electron chi connectivity index (χ2n) is 5.82. The van der Waals surface area contributed by atoms with Crippen LogP contribution in [0, 0.1) is 0 Å². The van der Waals surface area contributed by atoms with Gasteiger partial charge in [-0.1, -0.05) is 0 Å². The molecule has 0 radical (unpaired) electrons. The largest absolute Gasteiger partial charge is 0.480 e. The Labute approximate surface area is 169 Å². The van der Waals surface area contributed by atoms with Crippen molar-refractivity contribution in [1.82, 2.24) is 30.5 Å². The number of nitrogens with zero attached hydrogens (tertiary/aromatic N) is 5. The Bertz CT molecular complexity index is 945. The first-order valence-corrected chi connectivity index (χ1v) is 9.48. The Morgan fingerprint density at radius 1 is 1.47 bits per heavy atom. The predicted molar refractivity (Wildman–Crippen MR) is 95.9 cm³/mol. The number of carbonyl (C=O) groups is 3. The Hall–Kier alpha value is -3.44. The van der Waals surface area contributed by atoms with Gasteiger partial charge in [0.15, 0.2) is 0 Å². The zero-order chi connectivity index (χ0) is 22.5. The summed E-state index contributed by atoms with van der Waals surface area (Å²) in [4.78, 5) is 41.4. The van der Waals surface area contributed by atoms with E-state index in [1.54, 1.807) is 17.9 Å².